The minimum atomic E-state index is 0.621. The molecule has 3 N–H and O–H groups in total. The van der Waals surface area contributed by atoms with Gasteiger partial charge < -0.3 is 16.0 Å². The van der Waals surface area contributed by atoms with Gasteiger partial charge in [0.05, 0.1) is 11.2 Å². The summed E-state index contributed by atoms with van der Waals surface area (Å²) in [6.07, 6.45) is 5.93. The molecule has 0 radical (unpaired) electrons. The number of fused-ring (bicyclic) bond motifs is 1. The molecule has 3 aromatic rings. The summed E-state index contributed by atoms with van der Waals surface area (Å²) in [4.78, 5) is 13.8. The van der Waals surface area contributed by atoms with Crippen molar-refractivity contribution < 1.29 is 0 Å². The topological polar surface area (TPSA) is 74.8 Å². The summed E-state index contributed by atoms with van der Waals surface area (Å²) >= 11 is 0. The van der Waals surface area contributed by atoms with Gasteiger partial charge in [-0.25, -0.2) is 9.97 Å². The van der Waals surface area contributed by atoms with Crippen LogP contribution < -0.4 is 16.0 Å². The third-order valence-corrected chi connectivity index (χ3v) is 4.88. The Bertz CT molecular complexity index is 871. The van der Waals surface area contributed by atoms with E-state index >= 15 is 0 Å². The molecule has 0 saturated carbocycles. The van der Waals surface area contributed by atoms with Crippen LogP contribution in [0.25, 0.3) is 22.3 Å². The number of anilines is 2. The summed E-state index contributed by atoms with van der Waals surface area (Å²) in [5.41, 5.74) is 4.74. The molecule has 0 spiro atoms. The fourth-order valence-corrected chi connectivity index (χ4v) is 3.39. The van der Waals surface area contributed by atoms with Crippen LogP contribution >= 0.6 is 0 Å². The second-order valence-electron chi connectivity index (χ2n) is 6.70. The van der Waals surface area contributed by atoms with Crippen molar-refractivity contribution in [3.63, 3.8) is 0 Å². The standard InChI is InChI=1S/C20H24N6/c1-21-16-6-4-15(5-7-16)17-11-18-19(24-10-9-23-18)20(26-17)25-13-14-3-2-8-22-12-14/h4-7,9-11,14,21-22H,2-3,8,12-13H2,1H3,(H,25,26)/t14-/m1/s1. The van der Waals surface area contributed by atoms with Gasteiger partial charge in [0.2, 0.25) is 0 Å². The van der Waals surface area contributed by atoms with E-state index in [-0.39, 0.29) is 0 Å². The largest absolute Gasteiger partial charge is 0.388 e. The highest BCUT2D eigenvalue weighted by atomic mass is 15.0. The van der Waals surface area contributed by atoms with Crippen molar-refractivity contribution in [2.45, 2.75) is 12.8 Å². The van der Waals surface area contributed by atoms with E-state index in [2.05, 4.69) is 50.2 Å². The van der Waals surface area contributed by atoms with E-state index in [1.54, 1.807) is 12.4 Å². The first kappa shape index (κ1) is 16.7. The van der Waals surface area contributed by atoms with Crippen molar-refractivity contribution in [1.82, 2.24) is 20.3 Å². The van der Waals surface area contributed by atoms with Gasteiger partial charge in [0.1, 0.15) is 5.52 Å². The Morgan fingerprint density at radius 2 is 2.00 bits per heavy atom. The van der Waals surface area contributed by atoms with Gasteiger partial charge in [0.25, 0.3) is 0 Å². The van der Waals surface area contributed by atoms with E-state index in [1.165, 1.54) is 12.8 Å². The second-order valence-corrected chi connectivity index (χ2v) is 6.70. The molecule has 1 aliphatic heterocycles. The van der Waals surface area contributed by atoms with Gasteiger partial charge in [-0.05, 0) is 50.0 Å². The molecule has 1 saturated heterocycles. The maximum Gasteiger partial charge on any atom is 0.154 e. The number of hydrogen-bond donors (Lipinski definition) is 3. The number of benzene rings is 1. The predicted molar refractivity (Wildman–Crippen MR) is 106 cm³/mol. The minimum Gasteiger partial charge on any atom is -0.388 e. The summed E-state index contributed by atoms with van der Waals surface area (Å²) in [7, 11) is 1.92. The first-order chi connectivity index (χ1) is 12.8. The summed E-state index contributed by atoms with van der Waals surface area (Å²) < 4.78 is 0. The van der Waals surface area contributed by atoms with Crippen LogP contribution in [-0.4, -0.2) is 41.6 Å². The molecule has 1 aromatic carbocycles. The van der Waals surface area contributed by atoms with Crippen molar-refractivity contribution >= 4 is 22.5 Å². The molecule has 0 amide bonds. The molecule has 1 fully saturated rings. The van der Waals surface area contributed by atoms with Crippen molar-refractivity contribution in [2.75, 3.05) is 37.3 Å². The van der Waals surface area contributed by atoms with Crippen LogP contribution in [0.15, 0.2) is 42.7 Å². The van der Waals surface area contributed by atoms with E-state index in [0.717, 1.165) is 53.4 Å². The maximum atomic E-state index is 4.86. The van der Waals surface area contributed by atoms with E-state index in [4.69, 9.17) is 4.98 Å². The van der Waals surface area contributed by atoms with Gasteiger partial charge in [-0.15, -0.1) is 0 Å². The highest BCUT2D eigenvalue weighted by Crippen LogP contribution is 2.26. The smallest absolute Gasteiger partial charge is 0.154 e. The minimum absolute atomic E-state index is 0.621. The Morgan fingerprint density at radius 1 is 1.15 bits per heavy atom. The lowest BCUT2D eigenvalue weighted by molar-refractivity contribution is 0.392. The highest BCUT2D eigenvalue weighted by Gasteiger charge is 2.15. The van der Waals surface area contributed by atoms with Gasteiger partial charge in [-0.1, -0.05) is 12.1 Å². The molecule has 2 aromatic heterocycles. The lowest BCUT2D eigenvalue weighted by Crippen LogP contribution is -2.33. The molecule has 3 heterocycles. The molecule has 0 aliphatic carbocycles. The summed E-state index contributed by atoms with van der Waals surface area (Å²) in [6, 6.07) is 10.3. The van der Waals surface area contributed by atoms with Gasteiger partial charge in [-0.3, -0.25) is 4.98 Å². The lowest BCUT2D eigenvalue weighted by atomic mass is 10.00. The summed E-state index contributed by atoms with van der Waals surface area (Å²) in [5.74, 6) is 1.43. The number of hydrogen-bond acceptors (Lipinski definition) is 6. The number of nitrogens with one attached hydrogen (secondary N) is 3. The Hall–Kier alpha value is -2.73. The average Bonchev–Trinajstić information content (AvgIpc) is 2.72. The number of rotatable bonds is 5. The number of pyridine rings is 1. The third kappa shape index (κ3) is 3.60. The molecule has 6 heteroatoms. The lowest BCUT2D eigenvalue weighted by Gasteiger charge is -2.23. The fourth-order valence-electron chi connectivity index (χ4n) is 3.39. The molecule has 134 valence electrons. The number of aromatic nitrogens is 3. The van der Waals surface area contributed by atoms with Crippen molar-refractivity contribution in [3.05, 3.63) is 42.7 Å². The Labute approximate surface area is 153 Å². The van der Waals surface area contributed by atoms with Crippen LogP contribution in [-0.2, 0) is 0 Å². The zero-order valence-corrected chi connectivity index (χ0v) is 15.0. The third-order valence-electron chi connectivity index (χ3n) is 4.88. The van der Waals surface area contributed by atoms with E-state index in [0.29, 0.717) is 5.92 Å². The van der Waals surface area contributed by atoms with Gasteiger partial charge in [0.15, 0.2) is 5.82 Å². The van der Waals surface area contributed by atoms with Crippen LogP contribution in [0.3, 0.4) is 0 Å². The molecule has 4 rings (SSSR count). The molecule has 0 bridgehead atoms. The fraction of sp³-hybridized carbons (Fsp3) is 0.350. The van der Waals surface area contributed by atoms with Gasteiger partial charge in [0, 0.05) is 37.2 Å². The molecule has 1 aliphatic rings. The van der Waals surface area contributed by atoms with E-state index in [1.807, 2.05) is 13.1 Å². The summed E-state index contributed by atoms with van der Waals surface area (Å²) in [6.45, 7) is 3.08. The van der Waals surface area contributed by atoms with Crippen LogP contribution in [0.5, 0.6) is 0 Å². The summed E-state index contributed by atoms with van der Waals surface area (Å²) in [5, 5.41) is 10.1. The van der Waals surface area contributed by atoms with E-state index in [9.17, 15) is 0 Å². The molecular formula is C20H24N6. The highest BCUT2D eigenvalue weighted by molar-refractivity contribution is 5.88. The quantitative estimate of drug-likeness (QED) is 0.658. The Morgan fingerprint density at radius 3 is 2.77 bits per heavy atom. The van der Waals surface area contributed by atoms with Crippen LogP contribution in [0.4, 0.5) is 11.5 Å². The molecular weight excluding hydrogens is 324 g/mol. The molecule has 1 atom stereocenters. The SMILES string of the molecule is CNc1ccc(-c2cc3nccnc3c(NC[C@@H]3CCCNC3)n2)cc1. The van der Waals surface area contributed by atoms with E-state index < -0.39 is 0 Å². The van der Waals surface area contributed by atoms with Crippen LogP contribution in [0, 0.1) is 5.92 Å². The zero-order chi connectivity index (χ0) is 17.8. The number of nitrogens with zero attached hydrogens (tertiary/aromatic N) is 3. The molecule has 6 nitrogen and oxygen atoms in total. The van der Waals surface area contributed by atoms with Crippen molar-refractivity contribution in [2.24, 2.45) is 5.92 Å². The Balaban J connectivity index is 1.65. The number of piperidine rings is 1. The van der Waals surface area contributed by atoms with Gasteiger partial charge in [-0.2, -0.15) is 0 Å². The Kier molecular flexibility index (Phi) is 4.93. The van der Waals surface area contributed by atoms with Gasteiger partial charge >= 0.3 is 0 Å². The van der Waals surface area contributed by atoms with Crippen LogP contribution in [0.2, 0.25) is 0 Å². The van der Waals surface area contributed by atoms with Crippen molar-refractivity contribution in [3.8, 4) is 11.3 Å². The monoisotopic (exact) mass is 348 g/mol. The second kappa shape index (κ2) is 7.66. The normalized spacial score (nSPS) is 17.2. The first-order valence-corrected chi connectivity index (χ1v) is 9.18. The molecule has 26 heavy (non-hydrogen) atoms. The van der Waals surface area contributed by atoms with Crippen LogP contribution in [0.1, 0.15) is 12.8 Å². The first-order valence-electron chi connectivity index (χ1n) is 9.18. The molecule has 0 unspecified atom stereocenters. The average molecular weight is 348 g/mol. The zero-order valence-electron chi connectivity index (χ0n) is 15.0. The predicted octanol–water partition coefficient (Wildman–Crippen LogP) is 3.15. The maximum absolute atomic E-state index is 4.86. The van der Waals surface area contributed by atoms with Crippen molar-refractivity contribution in [1.29, 1.82) is 0 Å².